The molecule has 42 heavy (non-hydrogen) atoms. The smallest absolute Gasteiger partial charge is 0.0112 e. The third-order valence-corrected chi connectivity index (χ3v) is 9.77. The van der Waals surface area contributed by atoms with Gasteiger partial charge in [0.2, 0.25) is 0 Å². The first-order valence-electron chi connectivity index (χ1n) is 19.3. The molecule has 0 aliphatic carbocycles. The molecule has 0 radical (unpaired) electrons. The summed E-state index contributed by atoms with van der Waals surface area (Å²) in [5.74, 6) is 1.11. The minimum atomic E-state index is 0.556. The van der Waals surface area contributed by atoms with Crippen LogP contribution in [0.2, 0.25) is 0 Å². The van der Waals surface area contributed by atoms with E-state index < -0.39 is 0 Å². The maximum atomic E-state index is 6.09. The lowest BCUT2D eigenvalue weighted by molar-refractivity contribution is 0.114. The molecule has 0 heterocycles. The van der Waals surface area contributed by atoms with Crippen LogP contribution in [0, 0.1) is 11.8 Å². The molecule has 0 fully saturated rings. The summed E-state index contributed by atoms with van der Waals surface area (Å²) in [6.45, 7) is 20.3. The molecule has 0 saturated carbocycles. The molecule has 0 aromatic carbocycles. The largest absolute Gasteiger partial charge is 0.330 e. The summed E-state index contributed by atoms with van der Waals surface area (Å²) in [7, 11) is 0. The first-order valence-corrected chi connectivity index (χ1v) is 19.3. The second kappa shape index (κ2) is 30.8. The first kappa shape index (κ1) is 41.8. The van der Waals surface area contributed by atoms with Crippen LogP contribution < -0.4 is 11.5 Å². The molecule has 0 rings (SSSR count). The van der Waals surface area contributed by atoms with Gasteiger partial charge in [-0.1, -0.05) is 156 Å². The molecule has 0 spiro atoms. The molecule has 4 unspecified atom stereocenters. The van der Waals surface area contributed by atoms with E-state index in [9.17, 15) is 0 Å². The summed E-state index contributed by atoms with van der Waals surface area (Å²) in [5.41, 5.74) is 12.2. The maximum absolute atomic E-state index is 6.09. The zero-order chi connectivity index (χ0) is 31.3. The van der Waals surface area contributed by atoms with Crippen molar-refractivity contribution in [3.05, 3.63) is 0 Å². The van der Waals surface area contributed by atoms with Crippen LogP contribution in [0.5, 0.6) is 0 Å². The maximum Gasteiger partial charge on any atom is 0.0112 e. The molecule has 0 saturated heterocycles. The zero-order valence-electron chi connectivity index (χ0n) is 30.2. The van der Waals surface area contributed by atoms with Crippen LogP contribution in [-0.2, 0) is 0 Å². The normalized spacial score (nSPS) is 15.0. The molecule has 0 aliphatic heterocycles. The number of hydrogen-bond acceptors (Lipinski definition) is 4. The van der Waals surface area contributed by atoms with Gasteiger partial charge in [-0.2, -0.15) is 0 Å². The minimum Gasteiger partial charge on any atom is -0.330 e. The van der Waals surface area contributed by atoms with E-state index in [1.165, 1.54) is 141 Å². The van der Waals surface area contributed by atoms with Crippen molar-refractivity contribution in [1.29, 1.82) is 0 Å². The summed E-state index contributed by atoms with van der Waals surface area (Å²) >= 11 is 0. The highest BCUT2D eigenvalue weighted by Crippen LogP contribution is 2.18. The molecule has 4 N–H and O–H groups in total. The topological polar surface area (TPSA) is 58.5 Å². The lowest BCUT2D eigenvalue weighted by atomic mass is 10.0. The van der Waals surface area contributed by atoms with Crippen LogP contribution in [0.1, 0.15) is 183 Å². The van der Waals surface area contributed by atoms with Crippen molar-refractivity contribution in [2.24, 2.45) is 23.3 Å². The fraction of sp³-hybridized carbons (Fsp3) is 1.00. The summed E-state index contributed by atoms with van der Waals surface area (Å²) < 4.78 is 0. The SMILES string of the molecule is CCCCCCCCCCCCC(C)N(CCN(CC(C)CN)C(C)CCCCCCCCCCCC)CC(C)CN. The molecule has 4 heteroatoms. The van der Waals surface area contributed by atoms with Gasteiger partial charge in [0.1, 0.15) is 0 Å². The monoisotopic (exact) mass is 595 g/mol. The number of nitrogens with zero attached hydrogens (tertiary/aromatic N) is 2. The Morgan fingerprint density at radius 2 is 0.667 bits per heavy atom. The number of rotatable bonds is 33. The van der Waals surface area contributed by atoms with E-state index in [-0.39, 0.29) is 0 Å². The molecule has 0 aliphatic rings. The van der Waals surface area contributed by atoms with Crippen LogP contribution in [0.4, 0.5) is 0 Å². The van der Waals surface area contributed by atoms with Crippen molar-refractivity contribution in [3.63, 3.8) is 0 Å². The Kier molecular flexibility index (Phi) is 30.7. The fourth-order valence-electron chi connectivity index (χ4n) is 6.41. The molecule has 4 atom stereocenters. The van der Waals surface area contributed by atoms with E-state index in [4.69, 9.17) is 11.5 Å². The Hall–Kier alpha value is -0.160. The van der Waals surface area contributed by atoms with Crippen LogP contribution in [0.3, 0.4) is 0 Å². The van der Waals surface area contributed by atoms with Crippen molar-refractivity contribution in [1.82, 2.24) is 9.80 Å². The standard InChI is InChI=1S/C38H82N4/c1-7-9-11-13-15-17-19-21-23-25-27-37(5)41(33-35(3)31-39)29-30-42(34-36(4)32-40)38(6)28-26-24-22-20-18-16-14-12-10-8-2/h35-38H,7-34,39-40H2,1-6H3. The molecule has 254 valence electrons. The Labute approximate surface area is 266 Å². The molecular weight excluding hydrogens is 512 g/mol. The van der Waals surface area contributed by atoms with Gasteiger partial charge < -0.3 is 11.5 Å². The van der Waals surface area contributed by atoms with Crippen molar-refractivity contribution in [2.45, 2.75) is 195 Å². The summed E-state index contributed by atoms with van der Waals surface area (Å²) in [6.07, 6.45) is 30.9. The Balaban J connectivity index is 4.57. The number of nitrogens with two attached hydrogens (primary N) is 2. The van der Waals surface area contributed by atoms with Gasteiger partial charge in [-0.25, -0.2) is 0 Å². The molecular formula is C38H82N4. The first-order chi connectivity index (χ1) is 20.4. The lowest BCUT2D eigenvalue weighted by Gasteiger charge is -2.36. The van der Waals surface area contributed by atoms with Gasteiger partial charge in [0.05, 0.1) is 0 Å². The van der Waals surface area contributed by atoms with Gasteiger partial charge in [-0.15, -0.1) is 0 Å². The highest BCUT2D eigenvalue weighted by atomic mass is 15.2. The van der Waals surface area contributed by atoms with E-state index in [1.54, 1.807) is 0 Å². The van der Waals surface area contributed by atoms with Crippen LogP contribution in [0.15, 0.2) is 0 Å². The van der Waals surface area contributed by atoms with E-state index in [0.717, 1.165) is 39.3 Å². The second-order valence-corrected chi connectivity index (χ2v) is 14.3. The van der Waals surface area contributed by atoms with Gasteiger partial charge in [-0.05, 0) is 51.6 Å². The molecule has 0 aromatic rings. The van der Waals surface area contributed by atoms with E-state index in [2.05, 4.69) is 51.3 Å². The number of unbranched alkanes of at least 4 members (excludes halogenated alkanes) is 18. The highest BCUT2D eigenvalue weighted by Gasteiger charge is 2.21. The fourth-order valence-corrected chi connectivity index (χ4v) is 6.41. The molecule has 0 amide bonds. The molecule has 4 nitrogen and oxygen atoms in total. The predicted octanol–water partition coefficient (Wildman–Crippen LogP) is 10.2. The zero-order valence-corrected chi connectivity index (χ0v) is 30.2. The van der Waals surface area contributed by atoms with Crippen LogP contribution >= 0.6 is 0 Å². The summed E-state index contributed by atoms with van der Waals surface area (Å²) in [6, 6.07) is 1.28. The van der Waals surface area contributed by atoms with Crippen LogP contribution in [0.25, 0.3) is 0 Å². The molecule has 0 bridgehead atoms. The average Bonchev–Trinajstić information content (AvgIpc) is 2.99. The number of hydrogen-bond donors (Lipinski definition) is 2. The van der Waals surface area contributed by atoms with E-state index in [0.29, 0.717) is 23.9 Å². The summed E-state index contributed by atoms with van der Waals surface area (Å²) in [4.78, 5) is 5.53. The van der Waals surface area contributed by atoms with Crippen LogP contribution in [-0.4, -0.2) is 61.2 Å². The third kappa shape index (κ3) is 25.2. The van der Waals surface area contributed by atoms with Gasteiger partial charge in [0, 0.05) is 38.3 Å². The van der Waals surface area contributed by atoms with E-state index >= 15 is 0 Å². The van der Waals surface area contributed by atoms with Gasteiger partial charge in [0.25, 0.3) is 0 Å². The van der Waals surface area contributed by atoms with Crippen molar-refractivity contribution >= 4 is 0 Å². The Bertz CT molecular complexity index is 481. The van der Waals surface area contributed by atoms with Crippen molar-refractivity contribution in [3.8, 4) is 0 Å². The quantitative estimate of drug-likeness (QED) is 0.0742. The minimum absolute atomic E-state index is 0.556. The van der Waals surface area contributed by atoms with Gasteiger partial charge >= 0.3 is 0 Å². The Morgan fingerprint density at radius 1 is 0.405 bits per heavy atom. The lowest BCUT2D eigenvalue weighted by Crippen LogP contribution is -2.46. The van der Waals surface area contributed by atoms with Gasteiger partial charge in [0.15, 0.2) is 0 Å². The average molecular weight is 595 g/mol. The second-order valence-electron chi connectivity index (χ2n) is 14.3. The third-order valence-electron chi connectivity index (χ3n) is 9.77. The molecule has 0 aromatic heterocycles. The van der Waals surface area contributed by atoms with Crippen molar-refractivity contribution < 1.29 is 0 Å². The summed E-state index contributed by atoms with van der Waals surface area (Å²) in [5, 5.41) is 0. The Morgan fingerprint density at radius 3 is 0.929 bits per heavy atom. The predicted molar refractivity (Wildman–Crippen MR) is 191 cm³/mol. The van der Waals surface area contributed by atoms with Crippen molar-refractivity contribution in [2.75, 3.05) is 39.3 Å². The highest BCUT2D eigenvalue weighted by molar-refractivity contribution is 4.76. The van der Waals surface area contributed by atoms with E-state index in [1.807, 2.05) is 0 Å². The van der Waals surface area contributed by atoms with Gasteiger partial charge in [-0.3, -0.25) is 9.80 Å².